The molecule has 0 heterocycles. The SMILES string of the molecule is CCC(C)C(O)C(=O)[O-].CCC(C)C(O)C(=O)[O-].[Zn+2]. The molecule has 19 heavy (non-hydrogen) atoms. The molecule has 0 aromatic rings. The molecule has 0 aromatic carbocycles. The van der Waals surface area contributed by atoms with Gasteiger partial charge in [0.1, 0.15) is 0 Å². The van der Waals surface area contributed by atoms with Crippen molar-refractivity contribution in [1.29, 1.82) is 0 Å². The van der Waals surface area contributed by atoms with Crippen LogP contribution in [0.15, 0.2) is 0 Å². The van der Waals surface area contributed by atoms with Gasteiger partial charge in [-0.25, -0.2) is 0 Å². The summed E-state index contributed by atoms with van der Waals surface area (Å²) in [6.07, 6.45) is -1.32. The molecule has 0 amide bonds. The van der Waals surface area contributed by atoms with Gasteiger partial charge in [0.25, 0.3) is 0 Å². The maximum absolute atomic E-state index is 9.94. The predicted molar refractivity (Wildman–Crippen MR) is 60.9 cm³/mol. The van der Waals surface area contributed by atoms with Gasteiger partial charge < -0.3 is 30.0 Å². The molecule has 0 aliphatic carbocycles. The molecule has 0 fully saturated rings. The zero-order valence-electron chi connectivity index (χ0n) is 12.0. The maximum Gasteiger partial charge on any atom is 2.00 e. The van der Waals surface area contributed by atoms with Crippen molar-refractivity contribution in [1.82, 2.24) is 0 Å². The molecule has 4 unspecified atom stereocenters. The van der Waals surface area contributed by atoms with E-state index in [0.717, 1.165) is 0 Å². The fourth-order valence-corrected chi connectivity index (χ4v) is 0.911. The summed E-state index contributed by atoms with van der Waals surface area (Å²) in [4.78, 5) is 19.9. The van der Waals surface area contributed by atoms with Crippen LogP contribution in [0.2, 0.25) is 0 Å². The Morgan fingerprint density at radius 2 is 1.11 bits per heavy atom. The first kappa shape index (κ1) is 23.6. The molecular weight excluding hydrogens is 306 g/mol. The van der Waals surface area contributed by atoms with E-state index >= 15 is 0 Å². The number of aliphatic carboxylic acids is 2. The predicted octanol–water partition coefficient (Wildman–Crippen LogP) is -1.72. The van der Waals surface area contributed by atoms with Gasteiger partial charge >= 0.3 is 19.5 Å². The second-order valence-corrected chi connectivity index (χ2v) is 4.30. The third kappa shape index (κ3) is 11.0. The zero-order chi connectivity index (χ0) is 14.9. The van der Waals surface area contributed by atoms with Crippen LogP contribution in [0.25, 0.3) is 0 Å². The van der Waals surface area contributed by atoms with Gasteiger partial charge in [-0.3, -0.25) is 0 Å². The standard InChI is InChI=1S/2C6H12O3.Zn/c2*1-3-4(2)5(7)6(8)9;/h2*4-5,7H,3H2,1-2H3,(H,8,9);/q;;+2/p-2. The minimum atomic E-state index is -1.38. The monoisotopic (exact) mass is 326 g/mol. The molecule has 0 saturated heterocycles. The summed E-state index contributed by atoms with van der Waals surface area (Å²) in [6, 6.07) is 0. The molecule has 0 radical (unpaired) electrons. The Balaban J connectivity index is -0.000000256. The average Bonchev–Trinajstić information content (AvgIpc) is 2.35. The number of carbonyl (C=O) groups excluding carboxylic acids is 2. The van der Waals surface area contributed by atoms with Gasteiger partial charge in [0, 0.05) is 0 Å². The molecule has 108 valence electrons. The Hall–Kier alpha value is -0.517. The Morgan fingerprint density at radius 3 is 1.16 bits per heavy atom. The first-order valence-corrected chi connectivity index (χ1v) is 5.96. The second-order valence-electron chi connectivity index (χ2n) is 4.30. The molecule has 0 bridgehead atoms. The fraction of sp³-hybridized carbons (Fsp3) is 0.833. The van der Waals surface area contributed by atoms with E-state index < -0.39 is 24.1 Å². The summed E-state index contributed by atoms with van der Waals surface area (Å²) in [7, 11) is 0. The van der Waals surface area contributed by atoms with E-state index in [4.69, 9.17) is 10.2 Å². The van der Waals surface area contributed by atoms with Crippen molar-refractivity contribution >= 4 is 11.9 Å². The van der Waals surface area contributed by atoms with Crippen LogP contribution in [0.3, 0.4) is 0 Å². The fourth-order valence-electron chi connectivity index (χ4n) is 0.911. The van der Waals surface area contributed by atoms with E-state index in [1.165, 1.54) is 0 Å². The first-order valence-electron chi connectivity index (χ1n) is 5.96. The van der Waals surface area contributed by atoms with Crippen molar-refractivity contribution in [2.45, 2.75) is 52.7 Å². The first-order chi connectivity index (χ1) is 8.18. The average molecular weight is 328 g/mol. The smallest absolute Gasteiger partial charge is 0.547 e. The van der Waals surface area contributed by atoms with Crippen LogP contribution in [0.4, 0.5) is 0 Å². The van der Waals surface area contributed by atoms with Gasteiger partial charge in [0.15, 0.2) is 0 Å². The van der Waals surface area contributed by atoms with Crippen molar-refractivity contribution in [3.63, 3.8) is 0 Å². The van der Waals surface area contributed by atoms with Crippen molar-refractivity contribution in [3.05, 3.63) is 0 Å². The van der Waals surface area contributed by atoms with Gasteiger partial charge in [-0.05, 0) is 11.8 Å². The van der Waals surface area contributed by atoms with Crippen LogP contribution < -0.4 is 10.2 Å². The minimum Gasteiger partial charge on any atom is -0.547 e. The number of rotatable bonds is 6. The van der Waals surface area contributed by atoms with Gasteiger partial charge in [0.05, 0.1) is 24.1 Å². The Kier molecular flexibility index (Phi) is 15.5. The van der Waals surface area contributed by atoms with Crippen LogP contribution >= 0.6 is 0 Å². The van der Waals surface area contributed by atoms with E-state index in [0.29, 0.717) is 12.8 Å². The van der Waals surface area contributed by atoms with Crippen molar-refractivity contribution in [2.24, 2.45) is 11.8 Å². The zero-order valence-corrected chi connectivity index (χ0v) is 14.9. The summed E-state index contributed by atoms with van der Waals surface area (Å²) in [5.41, 5.74) is 0. The normalized spacial score (nSPS) is 15.9. The number of hydrogen-bond donors (Lipinski definition) is 2. The van der Waals surface area contributed by atoms with Crippen LogP contribution in [0.1, 0.15) is 40.5 Å². The topological polar surface area (TPSA) is 121 Å². The Bertz CT molecular complexity index is 233. The molecule has 2 N–H and O–H groups in total. The van der Waals surface area contributed by atoms with E-state index in [1.54, 1.807) is 13.8 Å². The number of carbonyl (C=O) groups is 2. The molecule has 0 saturated carbocycles. The van der Waals surface area contributed by atoms with E-state index in [2.05, 4.69) is 0 Å². The summed E-state index contributed by atoms with van der Waals surface area (Å²) in [5.74, 6) is -3.20. The molecule has 0 spiro atoms. The number of aliphatic hydroxyl groups is 2. The largest absolute Gasteiger partial charge is 2.00 e. The van der Waals surface area contributed by atoms with Gasteiger partial charge in [-0.2, -0.15) is 0 Å². The number of carboxylic acid groups (broad SMARTS) is 2. The van der Waals surface area contributed by atoms with Gasteiger partial charge in [-0.15, -0.1) is 0 Å². The van der Waals surface area contributed by atoms with Crippen molar-refractivity contribution in [2.75, 3.05) is 0 Å². The maximum atomic E-state index is 9.94. The summed E-state index contributed by atoms with van der Waals surface area (Å²) in [5, 5.41) is 37.3. The van der Waals surface area contributed by atoms with E-state index in [-0.39, 0.29) is 31.3 Å². The summed E-state index contributed by atoms with van der Waals surface area (Å²) < 4.78 is 0. The molecule has 6 nitrogen and oxygen atoms in total. The van der Waals surface area contributed by atoms with Gasteiger partial charge in [-0.1, -0.05) is 40.5 Å². The van der Waals surface area contributed by atoms with Crippen LogP contribution in [-0.2, 0) is 29.1 Å². The summed E-state index contributed by atoms with van der Waals surface area (Å²) in [6.45, 7) is 6.97. The van der Waals surface area contributed by atoms with Crippen LogP contribution in [0, 0.1) is 11.8 Å². The van der Waals surface area contributed by atoms with Gasteiger partial charge in [0.2, 0.25) is 0 Å². The van der Waals surface area contributed by atoms with Crippen molar-refractivity contribution < 1.29 is 49.5 Å². The Morgan fingerprint density at radius 1 is 0.895 bits per heavy atom. The van der Waals surface area contributed by atoms with Crippen molar-refractivity contribution in [3.8, 4) is 0 Å². The number of aliphatic hydroxyl groups excluding tert-OH is 2. The van der Waals surface area contributed by atoms with E-state index in [9.17, 15) is 19.8 Å². The summed E-state index contributed by atoms with van der Waals surface area (Å²) >= 11 is 0. The van der Waals surface area contributed by atoms with E-state index in [1.807, 2.05) is 13.8 Å². The number of hydrogen-bond acceptors (Lipinski definition) is 6. The van der Waals surface area contributed by atoms with Crippen LogP contribution in [-0.4, -0.2) is 34.4 Å². The minimum absolute atomic E-state index is 0. The quantitative estimate of drug-likeness (QED) is 0.560. The van der Waals surface area contributed by atoms with Crippen LogP contribution in [0.5, 0.6) is 0 Å². The molecule has 0 aromatic heterocycles. The molecule has 0 aliphatic rings. The third-order valence-corrected chi connectivity index (χ3v) is 2.85. The molecule has 0 aliphatic heterocycles. The Labute approximate surface area is 126 Å². The second kappa shape index (κ2) is 12.5. The molecule has 4 atom stereocenters. The third-order valence-electron chi connectivity index (χ3n) is 2.85. The molecular formula is C12H22O6Zn. The number of carboxylic acids is 2. The molecule has 0 rings (SSSR count). The molecule has 7 heteroatoms.